The van der Waals surface area contributed by atoms with Crippen molar-refractivity contribution in [3.8, 4) is 34.5 Å². The van der Waals surface area contributed by atoms with Crippen molar-refractivity contribution >= 4 is 23.9 Å². The molecule has 0 radical (unpaired) electrons. The molecule has 0 saturated heterocycles. The maximum absolute atomic E-state index is 13.3. The molecule has 0 saturated carbocycles. The summed E-state index contributed by atoms with van der Waals surface area (Å²) in [4.78, 5) is 46.8. The summed E-state index contributed by atoms with van der Waals surface area (Å²) in [7, 11) is 0. The first-order chi connectivity index (χ1) is 28.2. The molecule has 0 aromatic heterocycles. The molecule has 3 aromatic rings. The van der Waals surface area contributed by atoms with Gasteiger partial charge in [0.1, 0.15) is 23.0 Å². The van der Waals surface area contributed by atoms with Crippen LogP contribution in [0.25, 0.3) is 0 Å². The second kappa shape index (κ2) is 27.4. The number of unbranched alkanes of at least 4 members (excludes halogenated alkanes) is 6. The Labute approximate surface area is 340 Å². The summed E-state index contributed by atoms with van der Waals surface area (Å²) >= 11 is 0. The molecule has 3 rings (SSSR count). The second-order valence-corrected chi connectivity index (χ2v) is 12.7. The first kappa shape index (κ1) is 46.1. The van der Waals surface area contributed by atoms with Gasteiger partial charge in [-0.15, -0.1) is 0 Å². The zero-order chi connectivity index (χ0) is 41.8. The second-order valence-electron chi connectivity index (χ2n) is 12.7. The fourth-order valence-corrected chi connectivity index (χ4v) is 5.10. The minimum absolute atomic E-state index is 0.0512. The first-order valence-electron chi connectivity index (χ1n) is 19.3. The lowest BCUT2D eigenvalue weighted by atomic mass is 10.2. The standard InChI is InChI=1S/C45H54O13/c1-5-42(46)53-27-14-10-8-12-25-51-40-23-17-35(32-41(40)52-26-13-9-11-15-28-54-43(47)6-2)45(49)58-38-22-24-39(34(4)31-38)57-33-56-37-20-18-36(19-21-37)50-29-16-30-55-44(48)7-3/h5-7,17-24,31-32H,1-3,8-16,25-30,33H2,4H3. The van der Waals surface area contributed by atoms with Crippen LogP contribution >= 0.6 is 0 Å². The van der Waals surface area contributed by atoms with Gasteiger partial charge in [-0.3, -0.25) is 0 Å². The van der Waals surface area contributed by atoms with Gasteiger partial charge in [0.05, 0.1) is 45.2 Å². The Balaban J connectivity index is 1.49. The molecule has 3 aromatic carbocycles. The van der Waals surface area contributed by atoms with Gasteiger partial charge in [-0.2, -0.15) is 0 Å². The summed E-state index contributed by atoms with van der Waals surface area (Å²) in [6.45, 7) is 14.1. The van der Waals surface area contributed by atoms with Gasteiger partial charge in [-0.25, -0.2) is 19.2 Å². The van der Waals surface area contributed by atoms with Crippen LogP contribution in [0.5, 0.6) is 34.5 Å². The third-order valence-electron chi connectivity index (χ3n) is 8.18. The number of ether oxygens (including phenoxy) is 9. The molecule has 13 nitrogen and oxygen atoms in total. The van der Waals surface area contributed by atoms with E-state index in [-0.39, 0.29) is 19.0 Å². The molecule has 0 unspecified atom stereocenters. The Bertz CT molecular complexity index is 1770. The average molecular weight is 803 g/mol. The lowest BCUT2D eigenvalue weighted by Crippen LogP contribution is -2.11. The number of hydrogen-bond donors (Lipinski definition) is 0. The number of hydrogen-bond acceptors (Lipinski definition) is 13. The van der Waals surface area contributed by atoms with Crippen LogP contribution in [-0.2, 0) is 28.6 Å². The lowest BCUT2D eigenvalue weighted by Gasteiger charge is -2.15. The van der Waals surface area contributed by atoms with Crippen LogP contribution in [0.3, 0.4) is 0 Å². The maximum atomic E-state index is 13.3. The highest BCUT2D eigenvalue weighted by Crippen LogP contribution is 2.31. The Morgan fingerprint density at radius 3 is 1.48 bits per heavy atom. The predicted molar refractivity (Wildman–Crippen MR) is 217 cm³/mol. The van der Waals surface area contributed by atoms with E-state index in [1.54, 1.807) is 60.7 Å². The van der Waals surface area contributed by atoms with Gasteiger partial charge in [0.25, 0.3) is 0 Å². The van der Waals surface area contributed by atoms with Crippen molar-refractivity contribution in [3.05, 3.63) is 110 Å². The molecule has 0 amide bonds. The van der Waals surface area contributed by atoms with Gasteiger partial charge in [0.15, 0.2) is 11.5 Å². The Kier molecular flexibility index (Phi) is 21.8. The summed E-state index contributed by atoms with van der Waals surface area (Å²) in [5.41, 5.74) is 1.03. The molecular formula is C45H54O13. The van der Waals surface area contributed by atoms with Crippen LogP contribution in [-0.4, -0.2) is 70.3 Å². The van der Waals surface area contributed by atoms with E-state index in [4.69, 9.17) is 42.6 Å². The van der Waals surface area contributed by atoms with Crippen LogP contribution in [0.1, 0.15) is 73.7 Å². The topological polar surface area (TPSA) is 151 Å². The minimum Gasteiger partial charge on any atom is -0.493 e. The van der Waals surface area contributed by atoms with E-state index in [0.29, 0.717) is 74.0 Å². The smallest absolute Gasteiger partial charge is 0.343 e. The van der Waals surface area contributed by atoms with Crippen molar-refractivity contribution in [2.45, 2.75) is 64.7 Å². The van der Waals surface area contributed by atoms with Gasteiger partial charge in [0, 0.05) is 24.6 Å². The lowest BCUT2D eigenvalue weighted by molar-refractivity contribution is -0.138. The van der Waals surface area contributed by atoms with E-state index in [0.717, 1.165) is 75.2 Å². The van der Waals surface area contributed by atoms with Gasteiger partial charge in [0.2, 0.25) is 6.79 Å². The van der Waals surface area contributed by atoms with Crippen LogP contribution in [0.4, 0.5) is 0 Å². The first-order valence-corrected chi connectivity index (χ1v) is 19.3. The SMILES string of the molecule is C=CC(=O)OCCCCCCOc1ccc(C(=O)Oc2ccc(OCOc3ccc(OCCCOC(=O)C=C)cc3)c(C)c2)cc1OCCCCCCOC(=O)C=C. The summed E-state index contributed by atoms with van der Waals surface area (Å²) in [6.07, 6.45) is 10.5. The Hall–Kier alpha value is -6.24. The third-order valence-corrected chi connectivity index (χ3v) is 8.18. The quantitative estimate of drug-likeness (QED) is 0.0158. The van der Waals surface area contributed by atoms with Crippen LogP contribution in [0, 0.1) is 6.92 Å². The number of carbonyl (C=O) groups excluding carboxylic acids is 4. The van der Waals surface area contributed by atoms with Crippen LogP contribution in [0.15, 0.2) is 98.6 Å². The number of carbonyl (C=O) groups is 4. The van der Waals surface area contributed by atoms with E-state index >= 15 is 0 Å². The van der Waals surface area contributed by atoms with E-state index in [9.17, 15) is 19.2 Å². The fourth-order valence-electron chi connectivity index (χ4n) is 5.10. The molecule has 0 atom stereocenters. The number of esters is 4. The molecular weight excluding hydrogens is 748 g/mol. The molecule has 0 spiro atoms. The maximum Gasteiger partial charge on any atom is 0.343 e. The summed E-state index contributed by atoms with van der Waals surface area (Å²) in [5, 5.41) is 0. The molecule has 58 heavy (non-hydrogen) atoms. The largest absolute Gasteiger partial charge is 0.493 e. The highest BCUT2D eigenvalue weighted by molar-refractivity contribution is 5.92. The predicted octanol–water partition coefficient (Wildman–Crippen LogP) is 8.46. The van der Waals surface area contributed by atoms with Crippen LogP contribution in [0.2, 0.25) is 0 Å². The van der Waals surface area contributed by atoms with E-state index in [2.05, 4.69) is 19.7 Å². The molecule has 0 heterocycles. The summed E-state index contributed by atoms with van der Waals surface area (Å²) in [5.74, 6) is 1.18. The summed E-state index contributed by atoms with van der Waals surface area (Å²) in [6, 6.07) is 17.0. The zero-order valence-corrected chi connectivity index (χ0v) is 33.2. The molecule has 0 bridgehead atoms. The molecule has 13 heteroatoms. The van der Waals surface area contributed by atoms with Crippen molar-refractivity contribution in [2.75, 3.05) is 46.4 Å². The number of aryl methyl sites for hydroxylation is 1. The third kappa shape index (κ3) is 18.6. The van der Waals surface area contributed by atoms with E-state index in [1.165, 1.54) is 0 Å². The van der Waals surface area contributed by atoms with Gasteiger partial charge in [-0.1, -0.05) is 19.7 Å². The zero-order valence-electron chi connectivity index (χ0n) is 33.2. The molecule has 0 N–H and O–H groups in total. The highest BCUT2D eigenvalue weighted by atomic mass is 16.7. The van der Waals surface area contributed by atoms with Crippen molar-refractivity contribution in [3.63, 3.8) is 0 Å². The van der Waals surface area contributed by atoms with Crippen molar-refractivity contribution in [1.82, 2.24) is 0 Å². The van der Waals surface area contributed by atoms with Gasteiger partial charge in [-0.05, 0) is 125 Å². The van der Waals surface area contributed by atoms with Crippen molar-refractivity contribution in [1.29, 1.82) is 0 Å². The number of rotatable bonds is 30. The molecule has 0 aliphatic heterocycles. The molecule has 0 fully saturated rings. The van der Waals surface area contributed by atoms with Gasteiger partial charge >= 0.3 is 23.9 Å². The monoisotopic (exact) mass is 802 g/mol. The minimum atomic E-state index is -0.567. The molecule has 0 aliphatic rings. The average Bonchev–Trinajstić information content (AvgIpc) is 3.23. The summed E-state index contributed by atoms with van der Waals surface area (Å²) < 4.78 is 50.0. The Morgan fingerprint density at radius 1 is 0.466 bits per heavy atom. The fraction of sp³-hybridized carbons (Fsp3) is 0.378. The van der Waals surface area contributed by atoms with Gasteiger partial charge < -0.3 is 42.6 Å². The van der Waals surface area contributed by atoms with Crippen molar-refractivity contribution < 1.29 is 61.8 Å². The molecule has 0 aliphatic carbocycles. The van der Waals surface area contributed by atoms with Crippen LogP contribution < -0.4 is 28.4 Å². The highest BCUT2D eigenvalue weighted by Gasteiger charge is 2.15. The Morgan fingerprint density at radius 2 is 0.931 bits per heavy atom. The van der Waals surface area contributed by atoms with E-state index < -0.39 is 23.9 Å². The molecule has 312 valence electrons. The number of benzene rings is 3. The normalized spacial score (nSPS) is 10.4. The van der Waals surface area contributed by atoms with E-state index in [1.807, 2.05) is 6.92 Å². The van der Waals surface area contributed by atoms with Crippen molar-refractivity contribution in [2.24, 2.45) is 0 Å².